The number of para-hydroxylation sites is 1. The highest BCUT2D eigenvalue weighted by Crippen LogP contribution is 2.66. The fraction of sp³-hybridized carbons (Fsp3) is 0.0323. The van der Waals surface area contributed by atoms with E-state index in [1.807, 2.05) is 0 Å². The van der Waals surface area contributed by atoms with Gasteiger partial charge in [-0.3, -0.25) is 0 Å². The van der Waals surface area contributed by atoms with E-state index in [1.54, 1.807) is 0 Å². The van der Waals surface area contributed by atoms with Crippen LogP contribution in [0.2, 0.25) is 0 Å². The zero-order valence-corrected chi connectivity index (χ0v) is 34.8. The van der Waals surface area contributed by atoms with Gasteiger partial charge in [0.2, 0.25) is 0 Å². The molecule has 0 fully saturated rings. The molecule has 0 aliphatic heterocycles. The Bertz CT molecular complexity index is 3170. The summed E-state index contributed by atoms with van der Waals surface area (Å²) in [7, 11) is 0. The molecule has 12 rings (SSSR count). The number of hydrogen-bond acceptors (Lipinski definition) is 1. The molecule has 1 nitrogen and oxygen atoms in total. The Morgan fingerprint density at radius 2 is 0.619 bits per heavy atom. The number of nitrogens with zero attached hydrogens (tertiary/aromatic N) is 1. The predicted molar refractivity (Wildman–Crippen MR) is 261 cm³/mol. The maximum atomic E-state index is 2.48. The van der Waals surface area contributed by atoms with Gasteiger partial charge in [-0.05, 0) is 108 Å². The van der Waals surface area contributed by atoms with E-state index < -0.39 is 10.8 Å². The molecule has 0 N–H and O–H groups in total. The molecule has 0 aromatic heterocycles. The molecule has 296 valence electrons. The standard InChI is InChI=1S/C62H43N/c1-5-20-44(21-6-1)46-36-40-50(41-37-46)63(51-42-38-47(39-43-51)45-22-7-2-8-23-45)59-35-18-17-33-57(59)61(48-24-9-3-10-25-48)55-31-15-16-32-56(55)62(49-26-11-4-12-27-49)54-30-14-13-28-52(54)53-29-19-34-58(61)60(53)62/h1-43H. The quantitative estimate of drug-likeness (QED) is 0.148. The van der Waals surface area contributed by atoms with E-state index in [-0.39, 0.29) is 0 Å². The second-order valence-electron chi connectivity index (χ2n) is 16.7. The number of fused-ring (bicyclic) bond motifs is 5. The van der Waals surface area contributed by atoms with Gasteiger partial charge in [-0.1, -0.05) is 231 Å². The first-order chi connectivity index (χ1) is 31.3. The molecule has 2 unspecified atom stereocenters. The molecule has 2 atom stereocenters. The van der Waals surface area contributed by atoms with Crippen LogP contribution >= 0.6 is 0 Å². The molecule has 63 heavy (non-hydrogen) atoms. The van der Waals surface area contributed by atoms with Crippen molar-refractivity contribution in [3.8, 4) is 33.4 Å². The Morgan fingerprint density at radius 3 is 1.17 bits per heavy atom. The van der Waals surface area contributed by atoms with Gasteiger partial charge in [-0.2, -0.15) is 0 Å². The van der Waals surface area contributed by atoms with Gasteiger partial charge in [0.15, 0.2) is 0 Å². The molecule has 10 aromatic rings. The second kappa shape index (κ2) is 14.9. The van der Waals surface area contributed by atoms with Crippen LogP contribution in [-0.2, 0) is 10.8 Å². The maximum absolute atomic E-state index is 2.48. The highest BCUT2D eigenvalue weighted by atomic mass is 15.1. The van der Waals surface area contributed by atoms with Gasteiger partial charge in [-0.15, -0.1) is 0 Å². The predicted octanol–water partition coefficient (Wildman–Crippen LogP) is 15.5. The zero-order valence-electron chi connectivity index (χ0n) is 34.8. The van der Waals surface area contributed by atoms with E-state index in [4.69, 9.17) is 0 Å². The molecule has 1 heteroatoms. The number of benzene rings is 10. The molecule has 0 saturated carbocycles. The molecule has 0 bridgehead atoms. The third-order valence-electron chi connectivity index (χ3n) is 13.6. The summed E-state index contributed by atoms with van der Waals surface area (Å²) in [5.74, 6) is 0. The van der Waals surface area contributed by atoms with Crippen molar-refractivity contribution in [3.05, 3.63) is 305 Å². The topological polar surface area (TPSA) is 3.24 Å². The van der Waals surface area contributed by atoms with Crippen LogP contribution < -0.4 is 4.90 Å². The van der Waals surface area contributed by atoms with Gasteiger partial charge in [0, 0.05) is 11.4 Å². The van der Waals surface area contributed by atoms with Crippen LogP contribution in [0.4, 0.5) is 17.1 Å². The first kappa shape index (κ1) is 36.8. The minimum Gasteiger partial charge on any atom is -0.310 e. The van der Waals surface area contributed by atoms with E-state index in [0.29, 0.717) is 0 Å². The smallest absolute Gasteiger partial charge is 0.0728 e. The minimum atomic E-state index is -0.716. The Hall–Kier alpha value is -8.00. The number of rotatable bonds is 8. The van der Waals surface area contributed by atoms with Crippen LogP contribution in [0.25, 0.3) is 33.4 Å². The normalized spacial score (nSPS) is 16.7. The van der Waals surface area contributed by atoms with Crippen molar-refractivity contribution in [2.75, 3.05) is 4.90 Å². The summed E-state index contributed by atoms with van der Waals surface area (Å²) in [6.45, 7) is 0. The van der Waals surface area contributed by atoms with Crippen molar-refractivity contribution < 1.29 is 0 Å². The summed E-state index contributed by atoms with van der Waals surface area (Å²) in [6.07, 6.45) is 0. The lowest BCUT2D eigenvalue weighted by Crippen LogP contribution is -2.44. The summed E-state index contributed by atoms with van der Waals surface area (Å²) >= 11 is 0. The Morgan fingerprint density at radius 1 is 0.238 bits per heavy atom. The van der Waals surface area contributed by atoms with Crippen molar-refractivity contribution in [2.45, 2.75) is 10.8 Å². The van der Waals surface area contributed by atoms with Crippen LogP contribution in [0.3, 0.4) is 0 Å². The SMILES string of the molecule is c1ccc(-c2ccc(N(c3ccc(-c4ccccc4)cc3)c3ccccc3C3(c4ccccc4)c4ccccc4C4(c5ccccc5)c5ccccc5-c5cccc3c54)cc2)cc1. The number of anilines is 3. The van der Waals surface area contributed by atoms with Gasteiger partial charge >= 0.3 is 0 Å². The molecule has 0 saturated heterocycles. The van der Waals surface area contributed by atoms with Crippen molar-refractivity contribution in [3.63, 3.8) is 0 Å². The lowest BCUT2D eigenvalue weighted by molar-refractivity contribution is 0.627. The summed E-state index contributed by atoms with van der Waals surface area (Å²) in [6, 6.07) is 96.6. The van der Waals surface area contributed by atoms with Gasteiger partial charge in [0.1, 0.15) is 0 Å². The van der Waals surface area contributed by atoms with Crippen molar-refractivity contribution >= 4 is 17.1 Å². The highest BCUT2D eigenvalue weighted by Gasteiger charge is 2.58. The first-order valence-corrected chi connectivity index (χ1v) is 21.9. The molecular weight excluding hydrogens is 759 g/mol. The summed E-state index contributed by atoms with van der Waals surface area (Å²) in [4.78, 5) is 2.48. The minimum absolute atomic E-state index is 0.520. The summed E-state index contributed by atoms with van der Waals surface area (Å²) in [5, 5.41) is 0. The van der Waals surface area contributed by atoms with Crippen molar-refractivity contribution in [2.24, 2.45) is 0 Å². The number of hydrogen-bond donors (Lipinski definition) is 0. The molecule has 10 aromatic carbocycles. The third-order valence-corrected chi connectivity index (χ3v) is 13.6. The fourth-order valence-corrected chi connectivity index (χ4v) is 11.1. The van der Waals surface area contributed by atoms with Crippen LogP contribution in [-0.4, -0.2) is 0 Å². The van der Waals surface area contributed by atoms with E-state index >= 15 is 0 Å². The fourth-order valence-electron chi connectivity index (χ4n) is 11.1. The summed E-state index contributed by atoms with van der Waals surface area (Å²) in [5.41, 5.74) is 19.7. The Balaban J connectivity index is 1.17. The van der Waals surface area contributed by atoms with Crippen molar-refractivity contribution in [1.82, 2.24) is 0 Å². The highest BCUT2D eigenvalue weighted by molar-refractivity contribution is 5.93. The maximum Gasteiger partial charge on any atom is 0.0728 e. The lowest BCUT2D eigenvalue weighted by atomic mass is 9.51. The van der Waals surface area contributed by atoms with Crippen LogP contribution in [0, 0.1) is 0 Å². The monoisotopic (exact) mass is 801 g/mol. The first-order valence-electron chi connectivity index (χ1n) is 21.9. The molecule has 0 amide bonds. The van der Waals surface area contributed by atoms with E-state index in [2.05, 4.69) is 266 Å². The summed E-state index contributed by atoms with van der Waals surface area (Å²) < 4.78 is 0. The molecule has 0 spiro atoms. The Kier molecular flexibility index (Phi) is 8.69. The average molecular weight is 802 g/mol. The van der Waals surface area contributed by atoms with Crippen LogP contribution in [0.15, 0.2) is 261 Å². The van der Waals surface area contributed by atoms with E-state index in [1.165, 1.54) is 77.9 Å². The molecule has 2 aliphatic rings. The Labute approximate surface area is 369 Å². The second-order valence-corrected chi connectivity index (χ2v) is 16.7. The van der Waals surface area contributed by atoms with Gasteiger partial charge < -0.3 is 4.90 Å². The molecule has 0 heterocycles. The third kappa shape index (κ3) is 5.50. The zero-order chi connectivity index (χ0) is 41.8. The lowest BCUT2D eigenvalue weighted by Gasteiger charge is -2.50. The van der Waals surface area contributed by atoms with Gasteiger partial charge in [0.25, 0.3) is 0 Å². The van der Waals surface area contributed by atoms with E-state index in [0.717, 1.165) is 17.1 Å². The van der Waals surface area contributed by atoms with Crippen LogP contribution in [0.5, 0.6) is 0 Å². The molecule has 0 radical (unpaired) electrons. The molecule has 2 aliphatic carbocycles. The molecular formula is C62H43N. The largest absolute Gasteiger partial charge is 0.310 e. The van der Waals surface area contributed by atoms with Crippen LogP contribution in [0.1, 0.15) is 44.5 Å². The van der Waals surface area contributed by atoms with Gasteiger partial charge in [0.05, 0.1) is 16.5 Å². The van der Waals surface area contributed by atoms with Gasteiger partial charge in [-0.25, -0.2) is 0 Å². The van der Waals surface area contributed by atoms with E-state index in [9.17, 15) is 0 Å². The average Bonchev–Trinajstić information content (AvgIpc) is 3.68. The van der Waals surface area contributed by atoms with Crippen molar-refractivity contribution in [1.29, 1.82) is 0 Å².